The number of benzene rings is 1. The fourth-order valence-corrected chi connectivity index (χ4v) is 2.19. The average molecular weight is 321 g/mol. The smallest absolute Gasteiger partial charge is 0.145 e. The molecule has 0 saturated carbocycles. The van der Waals surface area contributed by atoms with Crippen LogP contribution in [0.5, 0.6) is 11.5 Å². The zero-order valence-electron chi connectivity index (χ0n) is 10.9. The molecule has 1 aromatic carbocycles. The van der Waals surface area contributed by atoms with Crippen molar-refractivity contribution in [3.63, 3.8) is 0 Å². The van der Waals surface area contributed by atoms with Crippen molar-refractivity contribution in [2.75, 3.05) is 6.54 Å². The van der Waals surface area contributed by atoms with Crippen LogP contribution in [0, 0.1) is 0 Å². The van der Waals surface area contributed by atoms with Crippen molar-refractivity contribution in [3.8, 4) is 11.5 Å². The van der Waals surface area contributed by atoms with Crippen LogP contribution in [0.4, 0.5) is 0 Å². The van der Waals surface area contributed by atoms with Crippen LogP contribution in [-0.4, -0.2) is 11.5 Å². The molecule has 0 unspecified atom stereocenters. The molecule has 0 radical (unpaired) electrons. The number of nitrogens with one attached hydrogen (secondary N) is 1. The Labute approximate surface area is 122 Å². The SMILES string of the molecule is CCCNCc1ccc(Oc2cccnc2)c(Br)c1. The van der Waals surface area contributed by atoms with E-state index in [1.807, 2.05) is 18.2 Å². The first-order chi connectivity index (χ1) is 9.29. The summed E-state index contributed by atoms with van der Waals surface area (Å²) in [4.78, 5) is 4.03. The summed E-state index contributed by atoms with van der Waals surface area (Å²) in [6, 6.07) is 9.86. The number of nitrogens with zero attached hydrogens (tertiary/aromatic N) is 1. The number of rotatable bonds is 6. The van der Waals surface area contributed by atoms with Gasteiger partial charge in [-0.3, -0.25) is 4.98 Å². The summed E-state index contributed by atoms with van der Waals surface area (Å²) in [5.74, 6) is 1.53. The van der Waals surface area contributed by atoms with E-state index in [-0.39, 0.29) is 0 Å². The third kappa shape index (κ3) is 4.33. The van der Waals surface area contributed by atoms with Gasteiger partial charge in [-0.2, -0.15) is 0 Å². The molecule has 1 aromatic heterocycles. The van der Waals surface area contributed by atoms with Gasteiger partial charge in [0.05, 0.1) is 10.7 Å². The van der Waals surface area contributed by atoms with Crippen LogP contribution in [0.3, 0.4) is 0 Å². The van der Waals surface area contributed by atoms with E-state index in [2.05, 4.69) is 45.3 Å². The van der Waals surface area contributed by atoms with Crippen LogP contribution in [-0.2, 0) is 6.54 Å². The van der Waals surface area contributed by atoms with Gasteiger partial charge in [-0.1, -0.05) is 13.0 Å². The second kappa shape index (κ2) is 7.26. The molecule has 0 bridgehead atoms. The maximum Gasteiger partial charge on any atom is 0.145 e. The summed E-state index contributed by atoms with van der Waals surface area (Å²) >= 11 is 3.54. The van der Waals surface area contributed by atoms with Crippen LogP contribution in [0.15, 0.2) is 47.2 Å². The Morgan fingerprint density at radius 2 is 2.21 bits per heavy atom. The van der Waals surface area contributed by atoms with E-state index in [0.717, 1.165) is 35.5 Å². The number of hydrogen-bond donors (Lipinski definition) is 1. The molecule has 3 nitrogen and oxygen atoms in total. The van der Waals surface area contributed by atoms with E-state index in [9.17, 15) is 0 Å². The molecule has 0 atom stereocenters. The standard InChI is InChI=1S/C15H17BrN2O/c1-2-7-17-10-12-5-6-15(14(16)9-12)19-13-4-3-8-18-11-13/h3-6,8-9,11,17H,2,7,10H2,1H3. The van der Waals surface area contributed by atoms with Crippen molar-refractivity contribution in [1.29, 1.82) is 0 Å². The highest BCUT2D eigenvalue weighted by molar-refractivity contribution is 9.10. The molecule has 100 valence electrons. The minimum atomic E-state index is 0.736. The monoisotopic (exact) mass is 320 g/mol. The molecule has 1 N–H and O–H groups in total. The van der Waals surface area contributed by atoms with E-state index in [4.69, 9.17) is 4.74 Å². The lowest BCUT2D eigenvalue weighted by Gasteiger charge is -2.09. The van der Waals surface area contributed by atoms with Gasteiger partial charge in [-0.15, -0.1) is 0 Å². The molecule has 2 aromatic rings. The largest absolute Gasteiger partial charge is 0.455 e. The molecule has 0 aliphatic carbocycles. The molecular weight excluding hydrogens is 304 g/mol. The number of aromatic nitrogens is 1. The van der Waals surface area contributed by atoms with Crippen LogP contribution < -0.4 is 10.1 Å². The van der Waals surface area contributed by atoms with Gasteiger partial charge < -0.3 is 10.1 Å². The number of halogens is 1. The second-order valence-electron chi connectivity index (χ2n) is 4.23. The fraction of sp³-hybridized carbons (Fsp3) is 0.267. The maximum absolute atomic E-state index is 5.76. The zero-order chi connectivity index (χ0) is 13.5. The molecule has 19 heavy (non-hydrogen) atoms. The van der Waals surface area contributed by atoms with Crippen LogP contribution >= 0.6 is 15.9 Å². The highest BCUT2D eigenvalue weighted by Crippen LogP contribution is 2.30. The Balaban J connectivity index is 2.03. The van der Waals surface area contributed by atoms with Crippen LogP contribution in [0.2, 0.25) is 0 Å². The third-order valence-electron chi connectivity index (χ3n) is 2.61. The second-order valence-corrected chi connectivity index (χ2v) is 5.09. The van der Waals surface area contributed by atoms with Crippen LogP contribution in [0.1, 0.15) is 18.9 Å². The maximum atomic E-state index is 5.76. The first kappa shape index (κ1) is 14.0. The van der Waals surface area contributed by atoms with Crippen LogP contribution in [0.25, 0.3) is 0 Å². The summed E-state index contributed by atoms with van der Waals surface area (Å²) in [6.07, 6.45) is 4.57. The van der Waals surface area contributed by atoms with Gasteiger partial charge in [0, 0.05) is 12.7 Å². The number of hydrogen-bond acceptors (Lipinski definition) is 3. The van der Waals surface area contributed by atoms with Crippen molar-refractivity contribution in [2.24, 2.45) is 0 Å². The summed E-state index contributed by atoms with van der Waals surface area (Å²) in [5.41, 5.74) is 1.24. The molecular formula is C15H17BrN2O. The normalized spacial score (nSPS) is 10.4. The van der Waals surface area contributed by atoms with E-state index in [0.29, 0.717) is 0 Å². The van der Waals surface area contributed by atoms with E-state index in [1.165, 1.54) is 5.56 Å². The lowest BCUT2D eigenvalue weighted by atomic mass is 10.2. The fourth-order valence-electron chi connectivity index (χ4n) is 1.68. The molecule has 0 aliphatic heterocycles. The van der Waals surface area contributed by atoms with Gasteiger partial charge in [0.1, 0.15) is 11.5 Å². The molecule has 1 heterocycles. The summed E-state index contributed by atoms with van der Waals surface area (Å²) in [7, 11) is 0. The molecule has 2 rings (SSSR count). The first-order valence-corrected chi connectivity index (χ1v) is 7.16. The predicted molar refractivity (Wildman–Crippen MR) is 80.5 cm³/mol. The van der Waals surface area contributed by atoms with Crippen molar-refractivity contribution >= 4 is 15.9 Å². The molecule has 0 saturated heterocycles. The van der Waals surface area contributed by atoms with Gasteiger partial charge in [-0.25, -0.2) is 0 Å². The Bertz CT molecular complexity index is 517. The summed E-state index contributed by atoms with van der Waals surface area (Å²) in [5, 5.41) is 3.38. The average Bonchev–Trinajstić information content (AvgIpc) is 2.43. The van der Waals surface area contributed by atoms with Gasteiger partial charge in [-0.05, 0) is 58.7 Å². The highest BCUT2D eigenvalue weighted by atomic mass is 79.9. The van der Waals surface area contributed by atoms with Gasteiger partial charge in [0.2, 0.25) is 0 Å². The summed E-state index contributed by atoms with van der Waals surface area (Å²) in [6.45, 7) is 4.07. The molecule has 0 amide bonds. The van der Waals surface area contributed by atoms with Gasteiger partial charge in [0.25, 0.3) is 0 Å². The Hall–Kier alpha value is -1.39. The van der Waals surface area contributed by atoms with E-state index < -0.39 is 0 Å². The van der Waals surface area contributed by atoms with E-state index >= 15 is 0 Å². The van der Waals surface area contributed by atoms with Crippen molar-refractivity contribution < 1.29 is 4.74 Å². The highest BCUT2D eigenvalue weighted by Gasteiger charge is 2.04. The van der Waals surface area contributed by atoms with Gasteiger partial charge in [0.15, 0.2) is 0 Å². The molecule has 0 aliphatic rings. The topological polar surface area (TPSA) is 34.1 Å². The number of pyridine rings is 1. The quantitative estimate of drug-likeness (QED) is 0.812. The van der Waals surface area contributed by atoms with Gasteiger partial charge >= 0.3 is 0 Å². The third-order valence-corrected chi connectivity index (χ3v) is 3.23. The Morgan fingerprint density at radius 3 is 2.89 bits per heavy atom. The van der Waals surface area contributed by atoms with E-state index in [1.54, 1.807) is 12.4 Å². The lowest BCUT2D eigenvalue weighted by Crippen LogP contribution is -2.13. The molecule has 4 heteroatoms. The molecule has 0 fully saturated rings. The minimum Gasteiger partial charge on any atom is -0.455 e. The Kier molecular flexibility index (Phi) is 5.36. The van der Waals surface area contributed by atoms with Crippen molar-refractivity contribution in [1.82, 2.24) is 10.3 Å². The zero-order valence-corrected chi connectivity index (χ0v) is 12.5. The Morgan fingerprint density at radius 1 is 1.32 bits per heavy atom. The lowest BCUT2D eigenvalue weighted by molar-refractivity contribution is 0.477. The van der Waals surface area contributed by atoms with Crippen molar-refractivity contribution in [3.05, 3.63) is 52.8 Å². The number of ether oxygens (including phenoxy) is 1. The minimum absolute atomic E-state index is 0.736. The van der Waals surface area contributed by atoms with Crippen molar-refractivity contribution in [2.45, 2.75) is 19.9 Å². The first-order valence-electron chi connectivity index (χ1n) is 6.36. The predicted octanol–water partition coefficient (Wildman–Crippen LogP) is 4.14. The molecule has 0 spiro atoms. The summed E-state index contributed by atoms with van der Waals surface area (Å²) < 4.78 is 6.71.